The van der Waals surface area contributed by atoms with E-state index in [9.17, 15) is 4.79 Å². The zero-order valence-electron chi connectivity index (χ0n) is 20.2. The third-order valence-corrected chi connectivity index (χ3v) is 6.21. The van der Waals surface area contributed by atoms with Crippen LogP contribution in [0.2, 0.25) is 0 Å². The van der Waals surface area contributed by atoms with Crippen molar-refractivity contribution in [3.05, 3.63) is 94.5 Å². The number of fused-ring (bicyclic) bond motifs is 3. The second-order valence-electron chi connectivity index (χ2n) is 9.00. The van der Waals surface area contributed by atoms with E-state index < -0.39 is 0 Å². The molecule has 2 bridgehead atoms. The van der Waals surface area contributed by atoms with Crippen LogP contribution in [0.5, 0.6) is 11.5 Å². The van der Waals surface area contributed by atoms with E-state index >= 15 is 0 Å². The minimum atomic E-state index is -0.0894. The first kappa shape index (κ1) is 23.8. The fraction of sp³-hybridized carbons (Fsp3) is 0.345. The maximum Gasteiger partial charge on any atom is 0.251 e. The summed E-state index contributed by atoms with van der Waals surface area (Å²) in [6.07, 6.45) is 4.07. The smallest absolute Gasteiger partial charge is 0.251 e. The lowest BCUT2D eigenvalue weighted by molar-refractivity contribution is 0.0950. The predicted molar refractivity (Wildman–Crippen MR) is 136 cm³/mol. The molecule has 1 N–H and O–H groups in total. The highest BCUT2D eigenvalue weighted by Gasteiger charge is 2.13. The fourth-order valence-corrected chi connectivity index (χ4v) is 4.32. The van der Waals surface area contributed by atoms with Crippen LogP contribution in [-0.2, 0) is 19.5 Å². The van der Waals surface area contributed by atoms with Crippen LogP contribution in [0.4, 0.5) is 0 Å². The van der Waals surface area contributed by atoms with E-state index in [1.54, 1.807) is 7.11 Å². The van der Waals surface area contributed by atoms with E-state index in [0.29, 0.717) is 18.7 Å². The van der Waals surface area contributed by atoms with Crippen molar-refractivity contribution in [3.63, 3.8) is 0 Å². The Morgan fingerprint density at radius 1 is 1.00 bits per heavy atom. The number of benzene rings is 3. The quantitative estimate of drug-likeness (QED) is 0.583. The third kappa shape index (κ3) is 6.61. The Bertz CT molecular complexity index is 1090. The monoisotopic (exact) mass is 458 g/mol. The molecule has 1 aliphatic heterocycles. The van der Waals surface area contributed by atoms with Gasteiger partial charge in [-0.2, -0.15) is 0 Å². The van der Waals surface area contributed by atoms with Crippen LogP contribution in [0.3, 0.4) is 0 Å². The molecule has 0 fully saturated rings. The standard InChI is InChI=1S/C29H34N2O3/c1-31-15-4-3-5-16-34-28-14-11-25(19-26(28)18-23-7-6-8-24(17-23)21-31)29(32)30-20-22-9-12-27(33-2)13-10-22/h6-14,17,19H,3-5,15-16,18,20-21H2,1-2H3,(H,30,32). The van der Waals surface area contributed by atoms with Gasteiger partial charge in [0.25, 0.3) is 5.91 Å². The largest absolute Gasteiger partial charge is 0.497 e. The molecule has 0 saturated heterocycles. The summed E-state index contributed by atoms with van der Waals surface area (Å²) >= 11 is 0. The highest BCUT2D eigenvalue weighted by Crippen LogP contribution is 2.25. The summed E-state index contributed by atoms with van der Waals surface area (Å²) in [6.45, 7) is 3.20. The number of hydrogen-bond acceptors (Lipinski definition) is 4. The summed E-state index contributed by atoms with van der Waals surface area (Å²) in [4.78, 5) is 15.3. The van der Waals surface area contributed by atoms with E-state index in [1.807, 2.05) is 42.5 Å². The molecule has 4 rings (SSSR count). The number of carbonyl (C=O) groups is 1. The van der Waals surface area contributed by atoms with Gasteiger partial charge in [-0.15, -0.1) is 0 Å². The van der Waals surface area contributed by atoms with Crippen molar-refractivity contribution < 1.29 is 14.3 Å². The highest BCUT2D eigenvalue weighted by atomic mass is 16.5. The Balaban J connectivity index is 1.52. The zero-order valence-corrected chi connectivity index (χ0v) is 20.2. The Hall–Kier alpha value is -3.31. The normalized spacial score (nSPS) is 14.9. The van der Waals surface area contributed by atoms with Crippen LogP contribution in [0.25, 0.3) is 0 Å². The maximum absolute atomic E-state index is 12.9. The van der Waals surface area contributed by atoms with E-state index in [0.717, 1.165) is 55.0 Å². The molecule has 0 saturated carbocycles. The van der Waals surface area contributed by atoms with Crippen molar-refractivity contribution in [3.8, 4) is 11.5 Å². The molecule has 0 unspecified atom stereocenters. The molecular weight excluding hydrogens is 424 g/mol. The van der Waals surface area contributed by atoms with Crippen LogP contribution < -0.4 is 14.8 Å². The molecule has 1 aliphatic rings. The Labute approximate surface area is 202 Å². The van der Waals surface area contributed by atoms with Gasteiger partial charge in [0.15, 0.2) is 0 Å². The molecule has 0 atom stereocenters. The summed E-state index contributed by atoms with van der Waals surface area (Å²) in [5.74, 6) is 1.58. The van der Waals surface area contributed by atoms with Gasteiger partial charge < -0.3 is 19.7 Å². The number of rotatable bonds is 4. The molecule has 0 radical (unpaired) electrons. The van der Waals surface area contributed by atoms with Crippen molar-refractivity contribution >= 4 is 5.91 Å². The molecule has 0 aromatic heterocycles. The van der Waals surface area contributed by atoms with Crippen molar-refractivity contribution in [2.45, 2.75) is 38.8 Å². The topological polar surface area (TPSA) is 50.8 Å². The summed E-state index contributed by atoms with van der Waals surface area (Å²) in [5, 5.41) is 3.03. The van der Waals surface area contributed by atoms with Crippen LogP contribution >= 0.6 is 0 Å². The third-order valence-electron chi connectivity index (χ3n) is 6.21. The first-order valence-corrected chi connectivity index (χ1v) is 12.0. The second kappa shape index (κ2) is 11.7. The Kier molecular flexibility index (Phi) is 8.21. The Morgan fingerprint density at radius 2 is 1.82 bits per heavy atom. The average molecular weight is 459 g/mol. The van der Waals surface area contributed by atoms with Crippen molar-refractivity contribution in [2.24, 2.45) is 0 Å². The number of ether oxygens (including phenoxy) is 2. The van der Waals surface area contributed by atoms with Gasteiger partial charge in [0.05, 0.1) is 13.7 Å². The zero-order chi connectivity index (χ0) is 23.8. The van der Waals surface area contributed by atoms with Gasteiger partial charge >= 0.3 is 0 Å². The summed E-state index contributed by atoms with van der Waals surface area (Å²) in [5.41, 5.74) is 5.25. The average Bonchev–Trinajstić information content (AvgIpc) is 2.85. The molecule has 178 valence electrons. The molecule has 3 aromatic carbocycles. The number of hydrogen-bond donors (Lipinski definition) is 1. The molecule has 5 heteroatoms. The molecular formula is C29H34N2O3. The fourth-order valence-electron chi connectivity index (χ4n) is 4.32. The molecule has 1 heterocycles. The van der Waals surface area contributed by atoms with Crippen LogP contribution in [0, 0.1) is 0 Å². The lowest BCUT2D eigenvalue weighted by Gasteiger charge is -2.19. The number of methoxy groups -OCH3 is 1. The predicted octanol–water partition coefficient (Wildman–Crippen LogP) is 5.21. The summed E-state index contributed by atoms with van der Waals surface area (Å²) in [6, 6.07) is 22.2. The van der Waals surface area contributed by atoms with Gasteiger partial charge in [-0.1, -0.05) is 36.4 Å². The molecule has 1 amide bonds. The molecule has 5 nitrogen and oxygen atoms in total. The second-order valence-corrected chi connectivity index (χ2v) is 9.00. The van der Waals surface area contributed by atoms with E-state index in [2.05, 4.69) is 41.5 Å². The molecule has 0 aliphatic carbocycles. The number of carbonyl (C=O) groups excluding carboxylic acids is 1. The van der Waals surface area contributed by atoms with Gasteiger partial charge in [-0.25, -0.2) is 0 Å². The highest BCUT2D eigenvalue weighted by molar-refractivity contribution is 5.94. The molecule has 0 spiro atoms. The minimum Gasteiger partial charge on any atom is -0.497 e. The first-order chi connectivity index (χ1) is 16.6. The van der Waals surface area contributed by atoms with Gasteiger partial charge in [-0.3, -0.25) is 4.79 Å². The van der Waals surface area contributed by atoms with Crippen LogP contribution in [0.15, 0.2) is 66.7 Å². The van der Waals surface area contributed by atoms with Gasteiger partial charge in [-0.05, 0) is 85.4 Å². The van der Waals surface area contributed by atoms with Crippen LogP contribution in [-0.4, -0.2) is 38.1 Å². The van der Waals surface area contributed by atoms with Gasteiger partial charge in [0, 0.05) is 25.1 Å². The van der Waals surface area contributed by atoms with E-state index in [-0.39, 0.29) is 5.91 Å². The number of nitrogens with one attached hydrogen (secondary N) is 1. The molecule has 3 aromatic rings. The van der Waals surface area contributed by atoms with E-state index in [1.165, 1.54) is 17.5 Å². The van der Waals surface area contributed by atoms with Gasteiger partial charge in [0.1, 0.15) is 11.5 Å². The number of nitrogens with zero attached hydrogens (tertiary/aromatic N) is 1. The summed E-state index contributed by atoms with van der Waals surface area (Å²) in [7, 11) is 3.83. The van der Waals surface area contributed by atoms with Gasteiger partial charge in [0.2, 0.25) is 0 Å². The first-order valence-electron chi connectivity index (χ1n) is 12.0. The lowest BCUT2D eigenvalue weighted by Crippen LogP contribution is -2.23. The van der Waals surface area contributed by atoms with Crippen molar-refractivity contribution in [1.29, 1.82) is 0 Å². The van der Waals surface area contributed by atoms with E-state index in [4.69, 9.17) is 9.47 Å². The maximum atomic E-state index is 12.9. The van der Waals surface area contributed by atoms with Crippen LogP contribution in [0.1, 0.15) is 51.9 Å². The van der Waals surface area contributed by atoms with Crippen molar-refractivity contribution in [1.82, 2.24) is 10.2 Å². The minimum absolute atomic E-state index is 0.0894. The van der Waals surface area contributed by atoms with Crippen molar-refractivity contribution in [2.75, 3.05) is 27.3 Å². The Morgan fingerprint density at radius 3 is 2.65 bits per heavy atom. The molecule has 34 heavy (non-hydrogen) atoms. The summed E-state index contributed by atoms with van der Waals surface area (Å²) < 4.78 is 11.4. The number of amides is 1. The SMILES string of the molecule is COc1ccc(CNC(=O)c2ccc3c(c2)Cc2cccc(c2)CN(C)CCCCCO3)cc1. The lowest BCUT2D eigenvalue weighted by atomic mass is 9.99.